The molecule has 1 fully saturated rings. The first-order chi connectivity index (χ1) is 15.7. The molecule has 0 radical (unpaired) electrons. The third-order valence-corrected chi connectivity index (χ3v) is 6.26. The standard InChI is InChI=1S/C30H26N2/c1-23-30(27-17-8-4-9-18-27,28-19-10-5-11-20-28)31-24(2)32(23)22-26-16-12-13-21-29(26)25-14-6-3-7-15-25/h3-21,31H,1-2,22H2. The maximum atomic E-state index is 4.59. The van der Waals surface area contributed by atoms with E-state index in [-0.39, 0.29) is 0 Å². The minimum absolute atomic E-state index is 0.554. The normalized spacial score (nSPS) is 14.9. The van der Waals surface area contributed by atoms with Gasteiger partial charge < -0.3 is 10.2 Å². The van der Waals surface area contributed by atoms with E-state index >= 15 is 0 Å². The van der Waals surface area contributed by atoms with E-state index in [0.717, 1.165) is 22.6 Å². The van der Waals surface area contributed by atoms with Crippen LogP contribution in [-0.2, 0) is 12.1 Å². The van der Waals surface area contributed by atoms with Crippen LogP contribution in [0.25, 0.3) is 11.1 Å². The van der Waals surface area contributed by atoms with Gasteiger partial charge in [-0.1, -0.05) is 128 Å². The van der Waals surface area contributed by atoms with Gasteiger partial charge in [-0.3, -0.25) is 0 Å². The molecule has 0 aromatic heterocycles. The molecule has 0 spiro atoms. The summed E-state index contributed by atoms with van der Waals surface area (Å²) in [4.78, 5) is 2.21. The zero-order valence-corrected chi connectivity index (χ0v) is 18.0. The summed E-state index contributed by atoms with van der Waals surface area (Å²) in [5.41, 5.74) is 6.39. The first-order valence-electron chi connectivity index (χ1n) is 10.9. The summed E-state index contributed by atoms with van der Waals surface area (Å²) in [5, 5.41) is 3.71. The fourth-order valence-electron chi connectivity index (χ4n) is 4.66. The predicted molar refractivity (Wildman–Crippen MR) is 133 cm³/mol. The third kappa shape index (κ3) is 3.30. The highest BCUT2D eigenvalue weighted by Crippen LogP contribution is 2.45. The zero-order chi connectivity index (χ0) is 22.0. The van der Waals surface area contributed by atoms with Crippen LogP contribution in [0, 0.1) is 0 Å². The van der Waals surface area contributed by atoms with E-state index in [1.54, 1.807) is 0 Å². The number of rotatable bonds is 5. The summed E-state index contributed by atoms with van der Waals surface area (Å²) >= 11 is 0. The zero-order valence-electron chi connectivity index (χ0n) is 18.0. The average molecular weight is 415 g/mol. The Bertz CT molecular complexity index is 1200. The van der Waals surface area contributed by atoms with Gasteiger partial charge >= 0.3 is 0 Å². The number of nitrogens with one attached hydrogen (secondary N) is 1. The van der Waals surface area contributed by atoms with Crippen LogP contribution in [0.15, 0.2) is 140 Å². The molecule has 2 heteroatoms. The van der Waals surface area contributed by atoms with E-state index in [9.17, 15) is 0 Å². The van der Waals surface area contributed by atoms with Crippen LogP contribution in [0.2, 0.25) is 0 Å². The van der Waals surface area contributed by atoms with Crippen molar-refractivity contribution in [3.8, 4) is 11.1 Å². The van der Waals surface area contributed by atoms with Gasteiger partial charge in [-0.05, 0) is 27.8 Å². The van der Waals surface area contributed by atoms with Crippen molar-refractivity contribution in [1.82, 2.24) is 10.2 Å². The van der Waals surface area contributed by atoms with Gasteiger partial charge in [0, 0.05) is 12.2 Å². The molecular weight excluding hydrogens is 388 g/mol. The van der Waals surface area contributed by atoms with Crippen LogP contribution in [0.5, 0.6) is 0 Å². The molecule has 0 bridgehead atoms. The van der Waals surface area contributed by atoms with Crippen LogP contribution in [0.3, 0.4) is 0 Å². The smallest absolute Gasteiger partial charge is 0.129 e. The predicted octanol–water partition coefficient (Wildman–Crippen LogP) is 6.69. The molecule has 5 rings (SSSR count). The maximum absolute atomic E-state index is 4.59. The van der Waals surface area contributed by atoms with Crippen molar-refractivity contribution < 1.29 is 0 Å². The molecule has 1 saturated heterocycles. The SMILES string of the molecule is C=C1NC(c2ccccc2)(c2ccccc2)C(=C)N1Cc1ccccc1-c1ccccc1. The molecule has 0 aliphatic carbocycles. The molecule has 0 saturated carbocycles. The lowest BCUT2D eigenvalue weighted by Crippen LogP contribution is -2.38. The molecule has 1 N–H and O–H groups in total. The second-order valence-corrected chi connectivity index (χ2v) is 8.11. The minimum atomic E-state index is -0.554. The molecule has 2 nitrogen and oxygen atoms in total. The van der Waals surface area contributed by atoms with Gasteiger partial charge in [-0.2, -0.15) is 0 Å². The van der Waals surface area contributed by atoms with Crippen LogP contribution in [-0.4, -0.2) is 4.90 Å². The Morgan fingerprint density at radius 3 is 1.72 bits per heavy atom. The van der Waals surface area contributed by atoms with E-state index in [1.807, 2.05) is 18.2 Å². The molecule has 0 amide bonds. The first kappa shape index (κ1) is 19.9. The number of nitrogens with zero attached hydrogens (tertiary/aromatic N) is 1. The Labute approximate surface area is 190 Å². The van der Waals surface area contributed by atoms with E-state index in [2.05, 4.69) is 120 Å². The molecular formula is C30H26N2. The van der Waals surface area contributed by atoms with E-state index in [1.165, 1.54) is 16.7 Å². The average Bonchev–Trinajstić information content (AvgIpc) is 3.12. The second kappa shape index (κ2) is 8.24. The van der Waals surface area contributed by atoms with Crippen molar-refractivity contribution in [2.75, 3.05) is 0 Å². The molecule has 4 aromatic carbocycles. The molecule has 0 unspecified atom stereocenters. The molecule has 1 aliphatic heterocycles. The van der Waals surface area contributed by atoms with Gasteiger partial charge in [0.25, 0.3) is 0 Å². The monoisotopic (exact) mass is 414 g/mol. The number of benzene rings is 4. The van der Waals surface area contributed by atoms with Crippen LogP contribution in [0.4, 0.5) is 0 Å². The molecule has 0 atom stereocenters. The Hall–Kier alpha value is -4.04. The fraction of sp³-hybridized carbons (Fsp3) is 0.0667. The third-order valence-electron chi connectivity index (χ3n) is 6.26. The lowest BCUT2D eigenvalue weighted by molar-refractivity contribution is 0.437. The highest BCUT2D eigenvalue weighted by atomic mass is 15.4. The van der Waals surface area contributed by atoms with Crippen LogP contribution in [0.1, 0.15) is 16.7 Å². The topological polar surface area (TPSA) is 15.3 Å². The maximum Gasteiger partial charge on any atom is 0.129 e. The Kier molecular flexibility index (Phi) is 5.12. The lowest BCUT2D eigenvalue weighted by atomic mass is 9.81. The van der Waals surface area contributed by atoms with Crippen molar-refractivity contribution in [1.29, 1.82) is 0 Å². The quantitative estimate of drug-likeness (QED) is 0.391. The molecule has 156 valence electrons. The summed E-state index contributed by atoms with van der Waals surface area (Å²) < 4.78 is 0. The van der Waals surface area contributed by atoms with Gasteiger partial charge in [0.05, 0.1) is 5.82 Å². The van der Waals surface area contributed by atoms with Crippen molar-refractivity contribution in [2.24, 2.45) is 0 Å². The molecule has 32 heavy (non-hydrogen) atoms. The Morgan fingerprint density at radius 1 is 0.625 bits per heavy atom. The highest BCUT2D eigenvalue weighted by molar-refractivity contribution is 5.67. The van der Waals surface area contributed by atoms with Crippen LogP contribution >= 0.6 is 0 Å². The number of hydrogen-bond acceptors (Lipinski definition) is 2. The van der Waals surface area contributed by atoms with E-state index < -0.39 is 5.54 Å². The van der Waals surface area contributed by atoms with Crippen molar-refractivity contribution in [3.63, 3.8) is 0 Å². The summed E-state index contributed by atoms with van der Waals surface area (Å²) in [6.07, 6.45) is 0. The van der Waals surface area contributed by atoms with Crippen molar-refractivity contribution in [2.45, 2.75) is 12.1 Å². The Balaban J connectivity index is 1.57. The van der Waals surface area contributed by atoms with Crippen molar-refractivity contribution in [3.05, 3.63) is 157 Å². The molecule has 1 heterocycles. The van der Waals surface area contributed by atoms with E-state index in [0.29, 0.717) is 6.54 Å². The summed E-state index contributed by atoms with van der Waals surface area (Å²) in [6, 6.07) is 40.1. The van der Waals surface area contributed by atoms with Crippen LogP contribution < -0.4 is 5.32 Å². The summed E-state index contributed by atoms with van der Waals surface area (Å²) in [5.74, 6) is 0.852. The van der Waals surface area contributed by atoms with E-state index in [4.69, 9.17) is 0 Å². The fourth-order valence-corrected chi connectivity index (χ4v) is 4.66. The first-order valence-corrected chi connectivity index (χ1v) is 10.9. The lowest BCUT2D eigenvalue weighted by Gasteiger charge is -2.32. The molecule has 1 aliphatic rings. The summed E-state index contributed by atoms with van der Waals surface area (Å²) in [6.45, 7) is 9.67. The van der Waals surface area contributed by atoms with Crippen molar-refractivity contribution >= 4 is 0 Å². The summed E-state index contributed by atoms with van der Waals surface area (Å²) in [7, 11) is 0. The van der Waals surface area contributed by atoms with Gasteiger partial charge in [0.1, 0.15) is 5.54 Å². The molecule has 4 aromatic rings. The minimum Gasteiger partial charge on any atom is -0.353 e. The van der Waals surface area contributed by atoms with Gasteiger partial charge in [0.15, 0.2) is 0 Å². The number of hydrogen-bond donors (Lipinski definition) is 1. The highest BCUT2D eigenvalue weighted by Gasteiger charge is 2.46. The largest absolute Gasteiger partial charge is 0.353 e. The van der Waals surface area contributed by atoms with Gasteiger partial charge in [-0.25, -0.2) is 0 Å². The Morgan fingerprint density at radius 2 is 1.12 bits per heavy atom. The second-order valence-electron chi connectivity index (χ2n) is 8.11. The van der Waals surface area contributed by atoms with Gasteiger partial charge in [0.2, 0.25) is 0 Å². The van der Waals surface area contributed by atoms with Gasteiger partial charge in [-0.15, -0.1) is 0 Å².